The summed E-state index contributed by atoms with van der Waals surface area (Å²) < 4.78 is 32.2. The fourth-order valence-electron chi connectivity index (χ4n) is 3.47. The van der Waals surface area contributed by atoms with Crippen molar-refractivity contribution in [3.8, 4) is 5.75 Å². The summed E-state index contributed by atoms with van der Waals surface area (Å²) >= 11 is 0. The number of hydrogen-bond donors (Lipinski definition) is 1. The smallest absolute Gasteiger partial charge is 0.243 e. The molecule has 28 heavy (non-hydrogen) atoms. The third-order valence-electron chi connectivity index (χ3n) is 5.10. The standard InChI is InChI=1S/C21H26N2O4S/c1-27-20-10-6-5-7-18(20)16-22-21(24)15-17-11-13-23(14-12-17)28(25,26)19-8-3-2-4-9-19/h2-10,17H,11-16H2,1H3,(H,22,24). The number of hydrogen-bond acceptors (Lipinski definition) is 4. The van der Waals surface area contributed by atoms with Crippen LogP contribution in [0.2, 0.25) is 0 Å². The lowest BCUT2D eigenvalue weighted by atomic mass is 9.94. The minimum Gasteiger partial charge on any atom is -0.496 e. The van der Waals surface area contributed by atoms with Crippen molar-refractivity contribution in [1.29, 1.82) is 0 Å². The number of carbonyl (C=O) groups is 1. The molecule has 1 fully saturated rings. The lowest BCUT2D eigenvalue weighted by Crippen LogP contribution is -2.39. The van der Waals surface area contributed by atoms with Gasteiger partial charge in [-0.05, 0) is 37.0 Å². The lowest BCUT2D eigenvalue weighted by molar-refractivity contribution is -0.122. The van der Waals surface area contributed by atoms with Crippen LogP contribution in [0.4, 0.5) is 0 Å². The molecule has 1 saturated heterocycles. The molecule has 0 aliphatic carbocycles. The van der Waals surface area contributed by atoms with E-state index in [0.717, 1.165) is 11.3 Å². The van der Waals surface area contributed by atoms with Gasteiger partial charge in [-0.15, -0.1) is 0 Å². The van der Waals surface area contributed by atoms with Crippen LogP contribution < -0.4 is 10.1 Å². The average molecular weight is 403 g/mol. The summed E-state index contributed by atoms with van der Waals surface area (Å²) in [5, 5.41) is 2.94. The Morgan fingerprint density at radius 3 is 2.39 bits per heavy atom. The van der Waals surface area contributed by atoms with Crippen LogP contribution in [0.5, 0.6) is 5.75 Å². The Labute approximate surface area is 166 Å². The van der Waals surface area contributed by atoms with Crippen LogP contribution in [0.1, 0.15) is 24.8 Å². The Bertz CT molecular complexity index is 892. The third-order valence-corrected chi connectivity index (χ3v) is 7.01. The third kappa shape index (κ3) is 4.91. The second-order valence-electron chi connectivity index (χ2n) is 6.95. The van der Waals surface area contributed by atoms with Gasteiger partial charge in [0.2, 0.25) is 15.9 Å². The summed E-state index contributed by atoms with van der Waals surface area (Å²) in [6.07, 6.45) is 1.79. The molecule has 0 atom stereocenters. The molecular formula is C21H26N2O4S. The summed E-state index contributed by atoms with van der Waals surface area (Å²) in [5.74, 6) is 0.928. The van der Waals surface area contributed by atoms with E-state index in [4.69, 9.17) is 4.74 Å². The van der Waals surface area contributed by atoms with E-state index in [-0.39, 0.29) is 11.8 Å². The zero-order valence-electron chi connectivity index (χ0n) is 16.0. The van der Waals surface area contributed by atoms with Gasteiger partial charge in [-0.3, -0.25) is 4.79 Å². The minimum absolute atomic E-state index is 0.0183. The highest BCUT2D eigenvalue weighted by atomic mass is 32.2. The van der Waals surface area contributed by atoms with E-state index in [0.29, 0.717) is 43.8 Å². The number of rotatable bonds is 7. The molecule has 1 amide bonds. The fourth-order valence-corrected chi connectivity index (χ4v) is 4.96. The van der Waals surface area contributed by atoms with Crippen LogP contribution in [0.15, 0.2) is 59.5 Å². The highest BCUT2D eigenvalue weighted by Crippen LogP contribution is 2.25. The average Bonchev–Trinajstić information content (AvgIpc) is 2.73. The number of amides is 1. The minimum atomic E-state index is -3.45. The number of ether oxygens (including phenoxy) is 1. The number of methoxy groups -OCH3 is 1. The van der Waals surface area contributed by atoms with Crippen LogP contribution in [-0.2, 0) is 21.4 Å². The van der Waals surface area contributed by atoms with Crippen molar-refractivity contribution in [1.82, 2.24) is 9.62 Å². The Balaban J connectivity index is 1.48. The summed E-state index contributed by atoms with van der Waals surface area (Å²) in [6.45, 7) is 1.31. The predicted molar refractivity (Wildman–Crippen MR) is 107 cm³/mol. The van der Waals surface area contributed by atoms with Gasteiger partial charge < -0.3 is 10.1 Å². The lowest BCUT2D eigenvalue weighted by Gasteiger charge is -2.31. The van der Waals surface area contributed by atoms with Crippen LogP contribution in [0.3, 0.4) is 0 Å². The molecule has 0 radical (unpaired) electrons. The Hall–Kier alpha value is -2.38. The molecule has 0 bridgehead atoms. The molecule has 6 nitrogen and oxygen atoms in total. The highest BCUT2D eigenvalue weighted by molar-refractivity contribution is 7.89. The molecule has 1 aliphatic heterocycles. The second kappa shape index (κ2) is 9.21. The molecular weight excluding hydrogens is 376 g/mol. The van der Waals surface area contributed by atoms with Crippen LogP contribution >= 0.6 is 0 Å². The van der Waals surface area contributed by atoms with Gasteiger partial charge in [0.05, 0.1) is 12.0 Å². The van der Waals surface area contributed by atoms with Crippen molar-refractivity contribution in [2.75, 3.05) is 20.2 Å². The highest BCUT2D eigenvalue weighted by Gasteiger charge is 2.30. The summed E-state index contributed by atoms with van der Waals surface area (Å²) in [4.78, 5) is 12.6. The maximum atomic E-state index is 12.7. The van der Waals surface area contributed by atoms with Gasteiger partial charge in [-0.25, -0.2) is 8.42 Å². The zero-order chi connectivity index (χ0) is 20.0. The summed E-state index contributed by atoms with van der Waals surface area (Å²) in [6, 6.07) is 16.1. The quantitative estimate of drug-likeness (QED) is 0.773. The van der Waals surface area contributed by atoms with Crippen LogP contribution in [0, 0.1) is 5.92 Å². The van der Waals surface area contributed by atoms with E-state index in [1.807, 2.05) is 24.3 Å². The molecule has 1 heterocycles. The molecule has 7 heteroatoms. The van der Waals surface area contributed by atoms with E-state index in [1.54, 1.807) is 37.4 Å². The SMILES string of the molecule is COc1ccccc1CNC(=O)CC1CCN(S(=O)(=O)c2ccccc2)CC1. The van der Waals surface area contributed by atoms with Crippen molar-refractivity contribution < 1.29 is 17.9 Å². The van der Waals surface area contributed by atoms with Crippen molar-refractivity contribution in [2.45, 2.75) is 30.7 Å². The first-order valence-corrected chi connectivity index (χ1v) is 10.9. The topological polar surface area (TPSA) is 75.7 Å². The zero-order valence-corrected chi connectivity index (χ0v) is 16.8. The van der Waals surface area contributed by atoms with Gasteiger partial charge in [-0.2, -0.15) is 4.31 Å². The molecule has 2 aromatic carbocycles. The largest absolute Gasteiger partial charge is 0.496 e. The monoisotopic (exact) mass is 402 g/mol. The van der Waals surface area contributed by atoms with Crippen molar-refractivity contribution in [3.05, 3.63) is 60.2 Å². The predicted octanol–water partition coefficient (Wildman–Crippen LogP) is 2.80. The van der Waals surface area contributed by atoms with Gasteiger partial charge in [0.15, 0.2) is 0 Å². The number of benzene rings is 2. The molecule has 0 aromatic heterocycles. The van der Waals surface area contributed by atoms with E-state index in [2.05, 4.69) is 5.32 Å². The molecule has 0 unspecified atom stereocenters. The molecule has 3 rings (SSSR count). The van der Waals surface area contributed by atoms with E-state index < -0.39 is 10.0 Å². The Morgan fingerprint density at radius 2 is 1.71 bits per heavy atom. The normalized spacial score (nSPS) is 15.9. The number of sulfonamides is 1. The Kier molecular flexibility index (Phi) is 6.70. The molecule has 0 spiro atoms. The van der Waals surface area contributed by atoms with Crippen molar-refractivity contribution >= 4 is 15.9 Å². The number of piperidine rings is 1. The van der Waals surface area contributed by atoms with E-state index in [1.165, 1.54) is 4.31 Å². The van der Waals surface area contributed by atoms with Gasteiger partial charge >= 0.3 is 0 Å². The molecule has 2 aromatic rings. The molecule has 0 saturated carbocycles. The van der Waals surface area contributed by atoms with Gasteiger partial charge in [0.1, 0.15) is 5.75 Å². The van der Waals surface area contributed by atoms with Gasteiger partial charge in [-0.1, -0.05) is 36.4 Å². The number of nitrogens with zero attached hydrogens (tertiary/aromatic N) is 1. The summed E-state index contributed by atoms with van der Waals surface area (Å²) in [5.41, 5.74) is 0.933. The second-order valence-corrected chi connectivity index (χ2v) is 8.89. The maximum absolute atomic E-state index is 12.7. The molecule has 1 aliphatic rings. The summed E-state index contributed by atoms with van der Waals surface area (Å²) in [7, 11) is -1.84. The van der Waals surface area contributed by atoms with Gasteiger partial charge in [0.25, 0.3) is 0 Å². The van der Waals surface area contributed by atoms with Crippen molar-refractivity contribution in [2.24, 2.45) is 5.92 Å². The first kappa shape index (κ1) is 20.4. The van der Waals surface area contributed by atoms with Gasteiger partial charge in [0, 0.05) is 31.6 Å². The number of nitrogens with one attached hydrogen (secondary N) is 1. The molecule has 1 N–H and O–H groups in total. The Morgan fingerprint density at radius 1 is 1.07 bits per heavy atom. The first-order chi connectivity index (χ1) is 13.5. The number of carbonyl (C=O) groups excluding carboxylic acids is 1. The maximum Gasteiger partial charge on any atom is 0.243 e. The van der Waals surface area contributed by atoms with Crippen LogP contribution in [-0.4, -0.2) is 38.8 Å². The first-order valence-electron chi connectivity index (χ1n) is 9.44. The van der Waals surface area contributed by atoms with E-state index >= 15 is 0 Å². The van der Waals surface area contributed by atoms with E-state index in [9.17, 15) is 13.2 Å². The molecule has 150 valence electrons. The fraction of sp³-hybridized carbons (Fsp3) is 0.381. The van der Waals surface area contributed by atoms with Crippen molar-refractivity contribution in [3.63, 3.8) is 0 Å². The van der Waals surface area contributed by atoms with Crippen LogP contribution in [0.25, 0.3) is 0 Å². The number of para-hydroxylation sites is 1.